The standard InChI is InChI=1S/C22H24N2O3/c1-23-14-19(17-6-4-5-7-20(17)23)22(25)24-11-10-15(13-24)18-12-16(26-2)8-9-21(18)27-3/h4-9,12,14-15H,10-11,13H2,1-3H3/t15-/m0/s1. The third kappa shape index (κ3) is 3.03. The van der Waals surface area contributed by atoms with Crippen molar-refractivity contribution in [3.8, 4) is 11.5 Å². The Hall–Kier alpha value is -2.95. The zero-order chi connectivity index (χ0) is 19.0. The van der Waals surface area contributed by atoms with Crippen LogP contribution in [-0.4, -0.2) is 42.7 Å². The molecular formula is C22H24N2O3. The number of amides is 1. The molecule has 140 valence electrons. The molecular weight excluding hydrogens is 340 g/mol. The lowest BCUT2D eigenvalue weighted by molar-refractivity contribution is 0.0792. The number of fused-ring (bicyclic) bond motifs is 1. The number of benzene rings is 2. The highest BCUT2D eigenvalue weighted by Gasteiger charge is 2.31. The van der Waals surface area contributed by atoms with Crippen LogP contribution in [0, 0.1) is 0 Å². The maximum Gasteiger partial charge on any atom is 0.256 e. The van der Waals surface area contributed by atoms with Crippen molar-refractivity contribution in [1.29, 1.82) is 0 Å². The Kier molecular flexibility index (Phi) is 4.52. The number of carbonyl (C=O) groups excluding carboxylic acids is 1. The highest BCUT2D eigenvalue weighted by Crippen LogP contribution is 2.36. The van der Waals surface area contributed by atoms with Crippen LogP contribution in [0.1, 0.15) is 28.3 Å². The lowest BCUT2D eigenvalue weighted by Gasteiger charge is -2.18. The molecule has 1 aliphatic rings. The fourth-order valence-corrected chi connectivity index (χ4v) is 4.04. The number of methoxy groups -OCH3 is 2. The van der Waals surface area contributed by atoms with Crippen LogP contribution in [-0.2, 0) is 7.05 Å². The number of likely N-dealkylation sites (tertiary alicyclic amines) is 1. The summed E-state index contributed by atoms with van der Waals surface area (Å²) in [7, 11) is 5.32. The maximum atomic E-state index is 13.2. The molecule has 1 aromatic heterocycles. The van der Waals surface area contributed by atoms with Crippen molar-refractivity contribution >= 4 is 16.8 Å². The SMILES string of the molecule is COc1ccc(OC)c([C@H]2CCN(C(=O)c3cn(C)c4ccccc34)C2)c1. The highest BCUT2D eigenvalue weighted by molar-refractivity contribution is 6.07. The van der Waals surface area contributed by atoms with Gasteiger partial charge in [-0.3, -0.25) is 4.79 Å². The summed E-state index contributed by atoms with van der Waals surface area (Å²) in [5.74, 6) is 2.00. The van der Waals surface area contributed by atoms with Crippen LogP contribution in [0.25, 0.3) is 10.9 Å². The lowest BCUT2D eigenvalue weighted by atomic mass is 9.97. The Morgan fingerprint density at radius 3 is 2.70 bits per heavy atom. The van der Waals surface area contributed by atoms with Gasteiger partial charge in [0, 0.05) is 48.7 Å². The monoisotopic (exact) mass is 364 g/mol. The fraction of sp³-hybridized carbons (Fsp3) is 0.318. The number of carbonyl (C=O) groups is 1. The van der Waals surface area contributed by atoms with E-state index in [0.29, 0.717) is 6.54 Å². The largest absolute Gasteiger partial charge is 0.497 e. The van der Waals surface area contributed by atoms with E-state index in [9.17, 15) is 4.79 Å². The Balaban J connectivity index is 1.60. The second-order valence-corrected chi connectivity index (χ2v) is 7.02. The number of para-hydroxylation sites is 1. The first-order chi connectivity index (χ1) is 13.1. The fourth-order valence-electron chi connectivity index (χ4n) is 4.04. The predicted octanol–water partition coefficient (Wildman–Crippen LogP) is 3.83. The van der Waals surface area contributed by atoms with Gasteiger partial charge in [0.15, 0.2) is 0 Å². The molecule has 1 amide bonds. The molecule has 1 saturated heterocycles. The molecule has 0 N–H and O–H groups in total. The molecule has 1 fully saturated rings. The summed E-state index contributed by atoms with van der Waals surface area (Å²) >= 11 is 0. The minimum atomic E-state index is 0.0937. The quantitative estimate of drug-likeness (QED) is 0.707. The van der Waals surface area contributed by atoms with Crippen LogP contribution in [0.2, 0.25) is 0 Å². The normalized spacial score (nSPS) is 16.7. The molecule has 5 heteroatoms. The van der Waals surface area contributed by atoms with Crippen LogP contribution in [0.3, 0.4) is 0 Å². The summed E-state index contributed by atoms with van der Waals surface area (Å²) < 4.78 is 12.9. The average Bonchev–Trinajstić information content (AvgIpc) is 3.32. The summed E-state index contributed by atoms with van der Waals surface area (Å²) in [6.07, 6.45) is 2.85. The van der Waals surface area contributed by atoms with Crippen LogP contribution in [0.15, 0.2) is 48.7 Å². The van der Waals surface area contributed by atoms with Gasteiger partial charge in [0.25, 0.3) is 5.91 Å². The number of hydrogen-bond donors (Lipinski definition) is 0. The second-order valence-electron chi connectivity index (χ2n) is 7.02. The van der Waals surface area contributed by atoms with Crippen molar-refractivity contribution in [3.05, 3.63) is 59.8 Å². The van der Waals surface area contributed by atoms with Gasteiger partial charge in [0.05, 0.1) is 19.8 Å². The van der Waals surface area contributed by atoms with Gasteiger partial charge in [-0.2, -0.15) is 0 Å². The van der Waals surface area contributed by atoms with E-state index >= 15 is 0 Å². The van der Waals surface area contributed by atoms with Crippen molar-refractivity contribution in [3.63, 3.8) is 0 Å². The molecule has 5 nitrogen and oxygen atoms in total. The lowest BCUT2D eigenvalue weighted by Crippen LogP contribution is -2.28. The van der Waals surface area contributed by atoms with Gasteiger partial charge in [-0.25, -0.2) is 0 Å². The molecule has 0 bridgehead atoms. The average molecular weight is 364 g/mol. The first-order valence-corrected chi connectivity index (χ1v) is 9.17. The minimum absolute atomic E-state index is 0.0937. The van der Waals surface area contributed by atoms with Gasteiger partial charge in [0.2, 0.25) is 0 Å². The molecule has 0 unspecified atom stereocenters. The molecule has 0 aliphatic carbocycles. The zero-order valence-corrected chi connectivity index (χ0v) is 15.9. The Labute approximate surface area is 159 Å². The molecule has 0 spiro atoms. The minimum Gasteiger partial charge on any atom is -0.497 e. The number of hydrogen-bond acceptors (Lipinski definition) is 3. The van der Waals surface area contributed by atoms with E-state index in [-0.39, 0.29) is 11.8 Å². The van der Waals surface area contributed by atoms with E-state index in [0.717, 1.165) is 46.5 Å². The summed E-state index contributed by atoms with van der Waals surface area (Å²) in [4.78, 5) is 15.1. The third-order valence-electron chi connectivity index (χ3n) is 5.48. The molecule has 0 radical (unpaired) electrons. The van der Waals surface area contributed by atoms with Crippen LogP contribution in [0.4, 0.5) is 0 Å². The van der Waals surface area contributed by atoms with Gasteiger partial charge in [0.1, 0.15) is 11.5 Å². The topological polar surface area (TPSA) is 43.7 Å². The van der Waals surface area contributed by atoms with Crippen molar-refractivity contribution in [2.75, 3.05) is 27.3 Å². The van der Waals surface area contributed by atoms with Gasteiger partial charge >= 0.3 is 0 Å². The first kappa shape index (κ1) is 17.5. The molecule has 4 rings (SSSR count). The summed E-state index contributed by atoms with van der Waals surface area (Å²) in [5, 5.41) is 1.01. The Morgan fingerprint density at radius 1 is 1.11 bits per heavy atom. The van der Waals surface area contributed by atoms with E-state index in [4.69, 9.17) is 9.47 Å². The number of aryl methyl sites for hydroxylation is 1. The number of aromatic nitrogens is 1. The first-order valence-electron chi connectivity index (χ1n) is 9.17. The zero-order valence-electron chi connectivity index (χ0n) is 15.9. The van der Waals surface area contributed by atoms with Crippen molar-refractivity contribution in [2.45, 2.75) is 12.3 Å². The van der Waals surface area contributed by atoms with E-state index < -0.39 is 0 Å². The number of nitrogens with zero attached hydrogens (tertiary/aromatic N) is 2. The molecule has 2 aromatic carbocycles. The van der Waals surface area contributed by atoms with Crippen molar-refractivity contribution in [1.82, 2.24) is 9.47 Å². The van der Waals surface area contributed by atoms with Crippen LogP contribution < -0.4 is 9.47 Å². The molecule has 0 saturated carbocycles. The second kappa shape index (κ2) is 6.99. The van der Waals surface area contributed by atoms with Gasteiger partial charge in [-0.15, -0.1) is 0 Å². The van der Waals surface area contributed by atoms with E-state index in [1.54, 1.807) is 14.2 Å². The van der Waals surface area contributed by atoms with Gasteiger partial charge in [-0.05, 0) is 30.7 Å². The highest BCUT2D eigenvalue weighted by atomic mass is 16.5. The maximum absolute atomic E-state index is 13.2. The number of rotatable bonds is 4. The molecule has 1 aliphatic heterocycles. The molecule has 27 heavy (non-hydrogen) atoms. The molecule has 1 atom stereocenters. The Morgan fingerprint density at radius 2 is 1.93 bits per heavy atom. The van der Waals surface area contributed by atoms with Crippen LogP contribution in [0.5, 0.6) is 11.5 Å². The Bertz CT molecular complexity index is 992. The van der Waals surface area contributed by atoms with Crippen molar-refractivity contribution < 1.29 is 14.3 Å². The molecule has 3 aromatic rings. The van der Waals surface area contributed by atoms with Gasteiger partial charge in [-0.1, -0.05) is 18.2 Å². The van der Waals surface area contributed by atoms with Gasteiger partial charge < -0.3 is 18.9 Å². The smallest absolute Gasteiger partial charge is 0.256 e. The van der Waals surface area contributed by atoms with Crippen LogP contribution >= 0.6 is 0 Å². The predicted molar refractivity (Wildman–Crippen MR) is 106 cm³/mol. The third-order valence-corrected chi connectivity index (χ3v) is 5.48. The van der Waals surface area contributed by atoms with E-state index in [1.165, 1.54) is 0 Å². The van der Waals surface area contributed by atoms with E-state index in [1.807, 2.05) is 65.2 Å². The number of ether oxygens (including phenoxy) is 2. The van der Waals surface area contributed by atoms with E-state index in [2.05, 4.69) is 0 Å². The summed E-state index contributed by atoms with van der Waals surface area (Å²) in [6.45, 7) is 1.43. The molecule has 2 heterocycles. The summed E-state index contributed by atoms with van der Waals surface area (Å²) in [6, 6.07) is 13.9. The van der Waals surface area contributed by atoms with Crippen molar-refractivity contribution in [2.24, 2.45) is 7.05 Å². The summed E-state index contributed by atoms with van der Waals surface area (Å²) in [5.41, 5.74) is 2.95.